The number of carbonyl (C=O) groups is 1. The van der Waals surface area contributed by atoms with Gasteiger partial charge in [0.25, 0.3) is 5.56 Å². The van der Waals surface area contributed by atoms with Crippen molar-refractivity contribution >= 4 is 5.91 Å². The number of halogens is 3. The summed E-state index contributed by atoms with van der Waals surface area (Å²) in [5.74, 6) is 0.635. The van der Waals surface area contributed by atoms with Gasteiger partial charge in [0.15, 0.2) is 0 Å². The molecule has 2 aromatic carbocycles. The van der Waals surface area contributed by atoms with Gasteiger partial charge in [0, 0.05) is 6.20 Å². The van der Waals surface area contributed by atoms with Crippen LogP contribution in [0.15, 0.2) is 71.7 Å². The van der Waals surface area contributed by atoms with Crippen LogP contribution >= 0.6 is 0 Å². The molecule has 0 bridgehead atoms. The molecule has 32 heavy (non-hydrogen) atoms. The standard InChI is InChI=1S/C23H21F3N2O4/c1-31-17-9-5-15(6-10-17)21(16-7-11-18(32-2)12-8-16)27-20(29)14-28-13-3-4-19(22(28)30)23(24,25)26/h3-13,21H,14H2,1-2H3,(H,27,29). The van der Waals surface area contributed by atoms with E-state index in [2.05, 4.69) is 5.32 Å². The average molecular weight is 446 g/mol. The van der Waals surface area contributed by atoms with Crippen LogP contribution in [0.25, 0.3) is 0 Å². The van der Waals surface area contributed by atoms with Crippen molar-refractivity contribution in [2.45, 2.75) is 18.8 Å². The molecule has 0 radical (unpaired) electrons. The lowest BCUT2D eigenvalue weighted by molar-refractivity contribution is -0.139. The van der Waals surface area contributed by atoms with E-state index in [1.165, 1.54) is 14.2 Å². The van der Waals surface area contributed by atoms with Crippen molar-refractivity contribution in [2.75, 3.05) is 14.2 Å². The quantitative estimate of drug-likeness (QED) is 0.600. The van der Waals surface area contributed by atoms with Gasteiger partial charge in [0.2, 0.25) is 5.91 Å². The Kier molecular flexibility index (Phi) is 6.87. The predicted molar refractivity (Wildman–Crippen MR) is 112 cm³/mol. The first-order valence-corrected chi connectivity index (χ1v) is 9.57. The van der Waals surface area contributed by atoms with Gasteiger partial charge < -0.3 is 19.4 Å². The van der Waals surface area contributed by atoms with Crippen molar-refractivity contribution in [3.8, 4) is 11.5 Å². The van der Waals surface area contributed by atoms with Crippen molar-refractivity contribution < 1.29 is 27.4 Å². The van der Waals surface area contributed by atoms with E-state index in [1.807, 2.05) is 0 Å². The minimum absolute atomic E-state index is 0.564. The van der Waals surface area contributed by atoms with Crippen LogP contribution in [0.2, 0.25) is 0 Å². The molecule has 0 unspecified atom stereocenters. The molecule has 1 amide bonds. The van der Waals surface area contributed by atoms with Crippen LogP contribution in [-0.4, -0.2) is 24.7 Å². The summed E-state index contributed by atoms with van der Waals surface area (Å²) >= 11 is 0. The van der Waals surface area contributed by atoms with E-state index in [0.717, 1.165) is 28.0 Å². The third-order valence-electron chi connectivity index (χ3n) is 4.84. The first-order valence-electron chi connectivity index (χ1n) is 9.57. The highest BCUT2D eigenvalue weighted by Gasteiger charge is 2.34. The molecule has 0 saturated heterocycles. The Morgan fingerprint density at radius 3 is 1.88 bits per heavy atom. The average Bonchev–Trinajstić information content (AvgIpc) is 2.78. The second kappa shape index (κ2) is 9.59. The van der Waals surface area contributed by atoms with Crippen molar-refractivity contribution in [1.29, 1.82) is 0 Å². The maximum atomic E-state index is 13.0. The monoisotopic (exact) mass is 446 g/mol. The third-order valence-corrected chi connectivity index (χ3v) is 4.84. The van der Waals surface area contributed by atoms with Crippen molar-refractivity contribution in [1.82, 2.24) is 9.88 Å². The number of hydrogen-bond acceptors (Lipinski definition) is 4. The van der Waals surface area contributed by atoms with Crippen LogP contribution in [0.4, 0.5) is 13.2 Å². The Balaban J connectivity index is 1.89. The Labute approximate surface area is 182 Å². The summed E-state index contributed by atoms with van der Waals surface area (Å²) in [7, 11) is 3.06. The van der Waals surface area contributed by atoms with Gasteiger partial charge in [-0.3, -0.25) is 9.59 Å². The number of nitrogens with one attached hydrogen (secondary N) is 1. The van der Waals surface area contributed by atoms with E-state index in [4.69, 9.17) is 9.47 Å². The fraction of sp³-hybridized carbons (Fsp3) is 0.217. The van der Waals surface area contributed by atoms with E-state index in [-0.39, 0.29) is 0 Å². The summed E-state index contributed by atoms with van der Waals surface area (Å²) in [5, 5.41) is 2.80. The molecule has 1 heterocycles. The molecule has 1 N–H and O–H groups in total. The Morgan fingerprint density at radius 1 is 0.938 bits per heavy atom. The van der Waals surface area contributed by atoms with Crippen LogP contribution in [0.3, 0.4) is 0 Å². The number of aromatic nitrogens is 1. The minimum atomic E-state index is -4.80. The van der Waals surface area contributed by atoms with Crippen LogP contribution in [0, 0.1) is 0 Å². The number of pyridine rings is 1. The van der Waals surface area contributed by atoms with E-state index < -0.39 is 35.8 Å². The summed E-state index contributed by atoms with van der Waals surface area (Å²) in [6, 6.07) is 15.2. The summed E-state index contributed by atoms with van der Waals surface area (Å²) in [6.45, 7) is -0.564. The fourth-order valence-corrected chi connectivity index (χ4v) is 3.19. The molecular weight excluding hydrogens is 425 g/mol. The number of methoxy groups -OCH3 is 2. The zero-order chi connectivity index (χ0) is 23.3. The van der Waals surface area contributed by atoms with Gasteiger partial charge in [-0.25, -0.2) is 0 Å². The number of ether oxygens (including phenoxy) is 2. The number of amides is 1. The first-order chi connectivity index (χ1) is 15.2. The lowest BCUT2D eigenvalue weighted by Crippen LogP contribution is -2.36. The van der Waals surface area contributed by atoms with Crippen molar-refractivity contribution in [3.63, 3.8) is 0 Å². The molecule has 0 aliphatic heterocycles. The summed E-state index contributed by atoms with van der Waals surface area (Å²) in [5.41, 5.74) is -1.16. The molecule has 3 aromatic rings. The SMILES string of the molecule is COc1ccc(C(NC(=O)Cn2cccc(C(F)(F)F)c2=O)c2ccc(OC)cc2)cc1. The van der Waals surface area contributed by atoms with E-state index in [0.29, 0.717) is 17.6 Å². The second-order valence-corrected chi connectivity index (χ2v) is 6.90. The maximum absolute atomic E-state index is 13.0. The number of benzene rings is 2. The highest BCUT2D eigenvalue weighted by molar-refractivity contribution is 5.77. The molecule has 0 aliphatic rings. The van der Waals surface area contributed by atoms with Gasteiger partial charge in [0.05, 0.1) is 20.3 Å². The molecular formula is C23H21F3N2O4. The largest absolute Gasteiger partial charge is 0.497 e. The molecule has 9 heteroatoms. The number of hydrogen-bond donors (Lipinski definition) is 1. The zero-order valence-electron chi connectivity index (χ0n) is 17.3. The normalized spacial score (nSPS) is 11.3. The fourth-order valence-electron chi connectivity index (χ4n) is 3.19. The van der Waals surface area contributed by atoms with Crippen LogP contribution in [-0.2, 0) is 17.5 Å². The van der Waals surface area contributed by atoms with Crippen LogP contribution in [0.1, 0.15) is 22.7 Å². The van der Waals surface area contributed by atoms with Crippen LogP contribution in [0.5, 0.6) is 11.5 Å². The number of rotatable bonds is 7. The maximum Gasteiger partial charge on any atom is 0.421 e. The summed E-state index contributed by atoms with van der Waals surface area (Å²) in [4.78, 5) is 24.9. The number of nitrogens with zero attached hydrogens (tertiary/aromatic N) is 1. The third kappa shape index (κ3) is 5.29. The molecule has 168 valence electrons. The predicted octanol–water partition coefficient (Wildman–Crippen LogP) is 3.79. The Hall–Kier alpha value is -3.75. The number of alkyl halides is 3. The highest BCUT2D eigenvalue weighted by Crippen LogP contribution is 2.27. The van der Waals surface area contributed by atoms with Gasteiger partial charge in [-0.1, -0.05) is 24.3 Å². The molecule has 0 saturated carbocycles. The topological polar surface area (TPSA) is 69.6 Å². The van der Waals surface area contributed by atoms with E-state index in [9.17, 15) is 22.8 Å². The Bertz CT molecular complexity index is 1080. The van der Waals surface area contributed by atoms with Crippen molar-refractivity contribution in [3.05, 3.63) is 93.9 Å². The van der Waals surface area contributed by atoms with E-state index >= 15 is 0 Å². The molecule has 1 aromatic heterocycles. The molecule has 0 atom stereocenters. The summed E-state index contributed by atoms with van der Waals surface area (Å²) in [6.07, 6.45) is -3.65. The molecule has 0 aliphatic carbocycles. The van der Waals surface area contributed by atoms with E-state index in [1.54, 1.807) is 48.5 Å². The second-order valence-electron chi connectivity index (χ2n) is 6.90. The van der Waals surface area contributed by atoms with Crippen molar-refractivity contribution in [2.24, 2.45) is 0 Å². The van der Waals surface area contributed by atoms with Gasteiger partial charge in [-0.05, 0) is 47.5 Å². The van der Waals surface area contributed by atoms with Crippen LogP contribution < -0.4 is 20.3 Å². The van der Waals surface area contributed by atoms with Gasteiger partial charge >= 0.3 is 6.18 Å². The number of carbonyl (C=O) groups excluding carboxylic acids is 1. The molecule has 0 spiro atoms. The highest BCUT2D eigenvalue weighted by atomic mass is 19.4. The Morgan fingerprint density at radius 2 is 1.44 bits per heavy atom. The van der Waals surface area contributed by atoms with Gasteiger partial charge in [-0.2, -0.15) is 13.2 Å². The molecule has 6 nitrogen and oxygen atoms in total. The molecule has 3 rings (SSSR count). The summed E-state index contributed by atoms with van der Waals surface area (Å²) < 4.78 is 50.1. The first kappa shape index (κ1) is 22.9. The zero-order valence-corrected chi connectivity index (χ0v) is 17.3. The molecule has 0 fully saturated rings. The lowest BCUT2D eigenvalue weighted by atomic mass is 9.98. The van der Waals surface area contributed by atoms with Gasteiger partial charge in [0.1, 0.15) is 23.6 Å². The minimum Gasteiger partial charge on any atom is -0.497 e. The van der Waals surface area contributed by atoms with Gasteiger partial charge in [-0.15, -0.1) is 0 Å². The smallest absolute Gasteiger partial charge is 0.421 e. The lowest BCUT2D eigenvalue weighted by Gasteiger charge is -2.21.